The van der Waals surface area contributed by atoms with E-state index in [1.165, 1.54) is 38.5 Å². The normalized spacial score (nSPS) is 12.9. The average molecular weight is 356 g/mol. The quantitative estimate of drug-likeness (QED) is 0.420. The van der Waals surface area contributed by atoms with Crippen LogP contribution in [0.2, 0.25) is 13.3 Å². The predicted octanol–water partition coefficient (Wildman–Crippen LogP) is 6.38. The van der Waals surface area contributed by atoms with Gasteiger partial charge in [0.1, 0.15) is 0 Å². The van der Waals surface area contributed by atoms with Crippen molar-refractivity contribution in [2.75, 3.05) is 0 Å². The van der Waals surface area contributed by atoms with Crippen LogP contribution in [-0.2, 0) is 0 Å². The van der Waals surface area contributed by atoms with Crippen molar-refractivity contribution in [3.63, 3.8) is 0 Å². The Balaban J connectivity index is 0.000000473. The summed E-state index contributed by atoms with van der Waals surface area (Å²) in [5, 5.41) is 0. The molecule has 0 fully saturated rings. The van der Waals surface area contributed by atoms with Gasteiger partial charge >= 0.3 is 92.4 Å². The topological polar surface area (TPSA) is 0 Å². The molecule has 0 N–H and O–H groups in total. The summed E-state index contributed by atoms with van der Waals surface area (Å²) in [6.45, 7) is 7.00. The van der Waals surface area contributed by atoms with Gasteiger partial charge < -0.3 is 0 Å². The van der Waals surface area contributed by atoms with E-state index >= 15 is 0 Å². The summed E-state index contributed by atoms with van der Waals surface area (Å²) in [4.78, 5) is 0. The fourth-order valence-electron chi connectivity index (χ4n) is 2.05. The molecule has 105 valence electrons. The van der Waals surface area contributed by atoms with Crippen molar-refractivity contribution >= 4 is 19.8 Å². The van der Waals surface area contributed by atoms with E-state index in [1.807, 2.05) is 0 Å². The van der Waals surface area contributed by atoms with Crippen LogP contribution in [0.5, 0.6) is 0 Å². The van der Waals surface area contributed by atoms with Crippen LogP contribution in [0.1, 0.15) is 65.7 Å². The van der Waals surface area contributed by atoms with E-state index in [2.05, 4.69) is 45.1 Å². The minimum absolute atomic E-state index is 0.839. The fourth-order valence-corrected chi connectivity index (χ4v) is 11.5. The van der Waals surface area contributed by atoms with E-state index < -0.39 is 19.8 Å². The van der Waals surface area contributed by atoms with Gasteiger partial charge in [0.05, 0.1) is 0 Å². The Labute approximate surface area is 123 Å². The van der Waals surface area contributed by atoms with E-state index in [-0.39, 0.29) is 0 Å². The summed E-state index contributed by atoms with van der Waals surface area (Å²) in [5.41, 5.74) is 0. The van der Waals surface area contributed by atoms with Gasteiger partial charge in [0.2, 0.25) is 0 Å². The molecule has 0 saturated carbocycles. The van der Waals surface area contributed by atoms with Crippen LogP contribution in [0.4, 0.5) is 0 Å². The monoisotopic (exact) mass is 357 g/mol. The van der Waals surface area contributed by atoms with Crippen molar-refractivity contribution in [1.82, 2.24) is 0 Å². The first-order valence-corrected chi connectivity index (χ1v) is 14.1. The number of allylic oxidation sites excluding steroid dienone is 4. The van der Waals surface area contributed by atoms with Gasteiger partial charge in [-0.3, -0.25) is 0 Å². The molecule has 1 aliphatic carbocycles. The van der Waals surface area contributed by atoms with E-state index in [9.17, 15) is 0 Å². The summed E-state index contributed by atoms with van der Waals surface area (Å²) in [7, 11) is 0. The predicted molar refractivity (Wildman–Crippen MR) is 87.8 cm³/mol. The van der Waals surface area contributed by atoms with Gasteiger partial charge in [0.15, 0.2) is 0 Å². The van der Waals surface area contributed by atoms with Crippen molar-refractivity contribution in [2.45, 2.75) is 79.0 Å². The molecule has 0 aromatic rings. The zero-order chi connectivity index (χ0) is 13.5. The first kappa shape index (κ1) is 18.3. The minimum atomic E-state index is -0.839. The van der Waals surface area contributed by atoms with E-state index in [0.29, 0.717) is 0 Å². The molecule has 0 bridgehead atoms. The molecule has 0 nitrogen and oxygen atoms in total. The van der Waals surface area contributed by atoms with Gasteiger partial charge in [-0.25, -0.2) is 0 Å². The SMILES string of the molecule is C1=CCC=C1.CCC[CH2][Sn]([CH2]CCC)[CH2]CCC. The van der Waals surface area contributed by atoms with E-state index in [0.717, 1.165) is 6.42 Å². The molecule has 1 radical (unpaired) electrons. The molecule has 0 spiro atoms. The van der Waals surface area contributed by atoms with Crippen molar-refractivity contribution in [3.05, 3.63) is 24.3 Å². The second-order valence-electron chi connectivity index (χ2n) is 5.15. The molecule has 0 unspecified atom stereocenters. The molecule has 0 aromatic carbocycles. The molecular weight excluding hydrogens is 323 g/mol. The molecule has 1 heteroatoms. The third-order valence-electron chi connectivity index (χ3n) is 3.31. The first-order valence-electron chi connectivity index (χ1n) is 8.00. The van der Waals surface area contributed by atoms with Crippen molar-refractivity contribution in [2.24, 2.45) is 0 Å². The summed E-state index contributed by atoms with van der Waals surface area (Å²) in [5.74, 6) is 0. The summed E-state index contributed by atoms with van der Waals surface area (Å²) >= 11 is -0.839. The zero-order valence-corrected chi connectivity index (χ0v) is 15.7. The molecule has 1 aliphatic rings. The number of hydrogen-bond donors (Lipinski definition) is 0. The molecular formula is C17H33Sn. The van der Waals surface area contributed by atoms with Gasteiger partial charge in [-0.05, 0) is 6.42 Å². The standard InChI is InChI=1S/C5H6.3C4H9.Sn/c1-2-4-5-3-1;3*1-3-4-2;/h1-4H,5H2;3*1,3-4H2,2H3;. The zero-order valence-electron chi connectivity index (χ0n) is 12.9. The number of unbranched alkanes of at least 4 members (excludes halogenated alkanes) is 3. The molecule has 0 amide bonds. The Morgan fingerprint density at radius 2 is 1.11 bits per heavy atom. The maximum atomic E-state index is 2.33. The van der Waals surface area contributed by atoms with Crippen molar-refractivity contribution in [1.29, 1.82) is 0 Å². The maximum absolute atomic E-state index is 2.33. The molecule has 0 aliphatic heterocycles. The van der Waals surface area contributed by atoms with Crippen LogP contribution in [0.3, 0.4) is 0 Å². The number of hydrogen-bond acceptors (Lipinski definition) is 0. The van der Waals surface area contributed by atoms with Crippen molar-refractivity contribution < 1.29 is 0 Å². The van der Waals surface area contributed by atoms with Crippen LogP contribution in [0, 0.1) is 0 Å². The van der Waals surface area contributed by atoms with Gasteiger partial charge in [-0.2, -0.15) is 0 Å². The molecule has 18 heavy (non-hydrogen) atoms. The fraction of sp³-hybridized carbons (Fsp3) is 0.765. The van der Waals surface area contributed by atoms with Gasteiger partial charge in [-0.15, -0.1) is 0 Å². The van der Waals surface area contributed by atoms with Gasteiger partial charge in [0, 0.05) is 0 Å². The number of rotatable bonds is 9. The second kappa shape index (κ2) is 15.3. The average Bonchev–Trinajstić information content (AvgIpc) is 2.97. The molecule has 1 rings (SSSR count). The third kappa shape index (κ3) is 12.7. The van der Waals surface area contributed by atoms with E-state index in [4.69, 9.17) is 0 Å². The third-order valence-corrected chi connectivity index (χ3v) is 12.4. The van der Waals surface area contributed by atoms with Crippen molar-refractivity contribution in [3.8, 4) is 0 Å². The Morgan fingerprint density at radius 3 is 1.33 bits per heavy atom. The Kier molecular flexibility index (Phi) is 15.6. The van der Waals surface area contributed by atoms with Crippen LogP contribution in [-0.4, -0.2) is 19.8 Å². The first-order chi connectivity index (χ1) is 8.85. The van der Waals surface area contributed by atoms with Gasteiger partial charge in [-0.1, -0.05) is 24.3 Å². The Hall–Kier alpha value is 0.279. The van der Waals surface area contributed by atoms with Crippen LogP contribution in [0.25, 0.3) is 0 Å². The van der Waals surface area contributed by atoms with Crippen LogP contribution < -0.4 is 0 Å². The van der Waals surface area contributed by atoms with E-state index in [1.54, 1.807) is 13.3 Å². The Morgan fingerprint density at radius 1 is 0.722 bits per heavy atom. The summed E-state index contributed by atoms with van der Waals surface area (Å²) in [6.07, 6.45) is 18.3. The molecule has 0 aromatic heterocycles. The summed E-state index contributed by atoms with van der Waals surface area (Å²) in [6, 6.07) is 0. The van der Waals surface area contributed by atoms with Crippen LogP contribution >= 0.6 is 0 Å². The summed E-state index contributed by atoms with van der Waals surface area (Å²) < 4.78 is 5.04. The van der Waals surface area contributed by atoms with Crippen LogP contribution in [0.15, 0.2) is 24.3 Å². The molecule has 0 saturated heterocycles. The Bertz CT molecular complexity index is 177. The molecule has 0 heterocycles. The second-order valence-corrected chi connectivity index (χ2v) is 13.7. The molecule has 0 atom stereocenters. The van der Waals surface area contributed by atoms with Gasteiger partial charge in [0.25, 0.3) is 0 Å².